The number of halogens is 1. The van der Waals surface area contributed by atoms with Gasteiger partial charge in [0.25, 0.3) is 0 Å². The molecule has 0 saturated carbocycles. The molecule has 0 saturated heterocycles. The standard InChI is InChI=1S/C19H19N3O2.C3H5F.2C2H6/c1-2-3-4-17-16-11-13(6-10-18(16)22-21-17)5-8-15-9-7-14(12-20-15)19(23)24;1-2-3-4;2*1-2/h2-3,5-12,17,21-22H,4H2,1H3,(H,23,24);2-3H,1H3;2*1-2H3/b3-2-,8-5+;3-2+;;. The Hall–Kier alpha value is -3.25. The highest BCUT2D eigenvalue weighted by Gasteiger charge is 2.20. The number of aromatic carboxylic acids is 1. The van der Waals surface area contributed by atoms with Gasteiger partial charge in [0.1, 0.15) is 0 Å². The van der Waals surface area contributed by atoms with Crippen LogP contribution in [0.5, 0.6) is 0 Å². The third-order valence-electron chi connectivity index (χ3n) is 4.05. The summed E-state index contributed by atoms with van der Waals surface area (Å²) in [6, 6.07) is 9.76. The number of carboxylic acid groups (broad SMARTS) is 1. The minimum Gasteiger partial charge on any atom is -0.478 e. The molecule has 174 valence electrons. The second kappa shape index (κ2) is 17.4. The normalized spacial score (nSPS) is 13.9. The van der Waals surface area contributed by atoms with Crippen LogP contribution in [0.4, 0.5) is 10.1 Å². The molecule has 1 unspecified atom stereocenters. The molecule has 2 aromatic rings. The molecule has 1 aromatic carbocycles. The number of allylic oxidation sites excluding steroid dienone is 2. The van der Waals surface area contributed by atoms with E-state index in [4.69, 9.17) is 5.11 Å². The van der Waals surface area contributed by atoms with Gasteiger partial charge in [-0.15, -0.1) is 0 Å². The molecule has 0 fully saturated rings. The number of nitrogens with one attached hydrogen (secondary N) is 2. The molecular formula is C26H36FN3O2. The van der Waals surface area contributed by atoms with Crippen LogP contribution >= 0.6 is 0 Å². The minimum atomic E-state index is -0.969. The van der Waals surface area contributed by atoms with E-state index in [0.717, 1.165) is 23.4 Å². The Balaban J connectivity index is 0.00000106. The van der Waals surface area contributed by atoms with E-state index in [1.807, 2.05) is 52.8 Å². The molecule has 1 aromatic heterocycles. The summed E-state index contributed by atoms with van der Waals surface area (Å²) in [6.07, 6.45) is 12.2. The lowest BCUT2D eigenvalue weighted by atomic mass is 10.0. The van der Waals surface area contributed by atoms with Gasteiger partial charge in [0.05, 0.1) is 29.3 Å². The van der Waals surface area contributed by atoms with Crippen LogP contribution in [0.15, 0.2) is 61.1 Å². The molecular weight excluding hydrogens is 405 g/mol. The lowest BCUT2D eigenvalue weighted by Crippen LogP contribution is -2.17. The Bertz CT molecular complexity index is 871. The van der Waals surface area contributed by atoms with Gasteiger partial charge < -0.3 is 10.5 Å². The van der Waals surface area contributed by atoms with Gasteiger partial charge in [-0.25, -0.2) is 14.6 Å². The molecule has 1 atom stereocenters. The van der Waals surface area contributed by atoms with E-state index in [2.05, 4.69) is 40.1 Å². The largest absolute Gasteiger partial charge is 0.478 e. The number of nitrogens with zero attached hydrogens (tertiary/aromatic N) is 1. The van der Waals surface area contributed by atoms with Crippen molar-refractivity contribution in [2.24, 2.45) is 0 Å². The molecule has 0 bridgehead atoms. The van der Waals surface area contributed by atoms with E-state index in [-0.39, 0.29) is 11.6 Å². The predicted molar refractivity (Wildman–Crippen MR) is 134 cm³/mol. The van der Waals surface area contributed by atoms with Crippen LogP contribution in [-0.2, 0) is 0 Å². The Morgan fingerprint density at radius 1 is 1.09 bits per heavy atom. The van der Waals surface area contributed by atoms with Gasteiger partial charge in [-0.3, -0.25) is 4.98 Å². The molecule has 5 nitrogen and oxygen atoms in total. The number of carbonyl (C=O) groups is 1. The number of hydrazine groups is 1. The Kier molecular flexibility index (Phi) is 15.7. The molecule has 6 heteroatoms. The molecule has 3 N–H and O–H groups in total. The van der Waals surface area contributed by atoms with E-state index < -0.39 is 5.97 Å². The van der Waals surface area contributed by atoms with Crippen molar-refractivity contribution in [1.82, 2.24) is 10.4 Å². The average Bonchev–Trinajstić information content (AvgIpc) is 3.26. The smallest absolute Gasteiger partial charge is 0.337 e. The van der Waals surface area contributed by atoms with Crippen molar-refractivity contribution in [3.8, 4) is 0 Å². The molecule has 32 heavy (non-hydrogen) atoms. The molecule has 2 heterocycles. The molecule has 0 radical (unpaired) electrons. The summed E-state index contributed by atoms with van der Waals surface area (Å²) in [5, 5.41) is 8.88. The van der Waals surface area contributed by atoms with Crippen molar-refractivity contribution >= 4 is 23.8 Å². The van der Waals surface area contributed by atoms with Crippen molar-refractivity contribution in [2.45, 2.75) is 54.0 Å². The summed E-state index contributed by atoms with van der Waals surface area (Å²) in [6.45, 7) is 11.6. The second-order valence-electron chi connectivity index (χ2n) is 6.04. The second-order valence-corrected chi connectivity index (χ2v) is 6.04. The maximum atomic E-state index is 10.8. The minimum absolute atomic E-state index is 0.189. The highest BCUT2D eigenvalue weighted by atomic mass is 19.1. The van der Waals surface area contributed by atoms with Crippen molar-refractivity contribution in [1.29, 1.82) is 0 Å². The van der Waals surface area contributed by atoms with Crippen LogP contribution in [0.1, 0.15) is 81.2 Å². The first-order chi connectivity index (χ1) is 15.6. The molecule has 1 aliphatic heterocycles. The van der Waals surface area contributed by atoms with Gasteiger partial charge in [-0.05, 0) is 61.7 Å². The number of carboxylic acids is 1. The quantitative estimate of drug-likeness (QED) is 0.421. The van der Waals surface area contributed by atoms with Crippen LogP contribution in [0.25, 0.3) is 12.2 Å². The summed E-state index contributed by atoms with van der Waals surface area (Å²) in [5.41, 5.74) is 10.8. The number of rotatable bonds is 5. The van der Waals surface area contributed by atoms with Crippen LogP contribution < -0.4 is 10.9 Å². The van der Waals surface area contributed by atoms with Gasteiger partial charge in [0.15, 0.2) is 0 Å². The summed E-state index contributed by atoms with van der Waals surface area (Å²) < 4.78 is 10.5. The summed E-state index contributed by atoms with van der Waals surface area (Å²) in [4.78, 5) is 15.0. The van der Waals surface area contributed by atoms with E-state index in [1.54, 1.807) is 19.1 Å². The maximum absolute atomic E-state index is 10.8. The van der Waals surface area contributed by atoms with Gasteiger partial charge >= 0.3 is 5.97 Å². The summed E-state index contributed by atoms with van der Waals surface area (Å²) in [7, 11) is 0. The first-order valence-corrected chi connectivity index (χ1v) is 10.9. The van der Waals surface area contributed by atoms with Crippen molar-refractivity contribution < 1.29 is 14.3 Å². The zero-order valence-electron chi connectivity index (χ0n) is 19.9. The zero-order chi connectivity index (χ0) is 24.4. The van der Waals surface area contributed by atoms with E-state index in [9.17, 15) is 9.18 Å². The average molecular weight is 442 g/mol. The van der Waals surface area contributed by atoms with Crippen molar-refractivity contribution in [3.63, 3.8) is 0 Å². The number of anilines is 1. The molecule has 1 aliphatic rings. The maximum Gasteiger partial charge on any atom is 0.337 e. The lowest BCUT2D eigenvalue weighted by Gasteiger charge is -2.07. The molecule has 0 amide bonds. The van der Waals surface area contributed by atoms with E-state index in [0.29, 0.717) is 6.33 Å². The Labute approximate surface area is 191 Å². The fourth-order valence-electron chi connectivity index (χ4n) is 2.60. The van der Waals surface area contributed by atoms with Crippen LogP contribution in [-0.4, -0.2) is 16.1 Å². The summed E-state index contributed by atoms with van der Waals surface area (Å²) in [5.74, 6) is -0.969. The van der Waals surface area contributed by atoms with Crippen LogP contribution in [0.2, 0.25) is 0 Å². The predicted octanol–water partition coefficient (Wildman–Crippen LogP) is 7.43. The third kappa shape index (κ3) is 9.71. The number of pyridine rings is 1. The monoisotopic (exact) mass is 441 g/mol. The topological polar surface area (TPSA) is 74.2 Å². The molecule has 0 spiro atoms. The van der Waals surface area contributed by atoms with E-state index >= 15 is 0 Å². The van der Waals surface area contributed by atoms with Gasteiger partial charge in [-0.2, -0.15) is 0 Å². The Morgan fingerprint density at radius 2 is 1.78 bits per heavy atom. The van der Waals surface area contributed by atoms with Crippen LogP contribution in [0.3, 0.4) is 0 Å². The zero-order valence-corrected chi connectivity index (χ0v) is 19.9. The lowest BCUT2D eigenvalue weighted by molar-refractivity contribution is 0.0696. The fraction of sp³-hybridized carbons (Fsp3) is 0.308. The highest BCUT2D eigenvalue weighted by molar-refractivity contribution is 5.87. The number of hydrogen-bond donors (Lipinski definition) is 3. The van der Waals surface area contributed by atoms with Gasteiger partial charge in [0.2, 0.25) is 0 Å². The van der Waals surface area contributed by atoms with Crippen LogP contribution in [0, 0.1) is 0 Å². The Morgan fingerprint density at radius 3 is 2.31 bits per heavy atom. The van der Waals surface area contributed by atoms with Gasteiger partial charge in [0, 0.05) is 6.20 Å². The van der Waals surface area contributed by atoms with Gasteiger partial charge in [-0.1, -0.05) is 58.1 Å². The van der Waals surface area contributed by atoms with Crippen molar-refractivity contribution in [3.05, 3.63) is 83.5 Å². The molecule has 3 rings (SSSR count). The number of fused-ring (bicyclic) bond motifs is 1. The van der Waals surface area contributed by atoms with E-state index in [1.165, 1.54) is 17.8 Å². The third-order valence-corrected chi connectivity index (χ3v) is 4.05. The molecule has 0 aliphatic carbocycles. The SMILES string of the molecule is C/C=C/F.C/C=C\CC1NNc2ccc(/C=C/c3ccc(C(=O)O)cn3)cc21.CC.CC. The number of hydrogen-bond acceptors (Lipinski definition) is 4. The highest BCUT2D eigenvalue weighted by Crippen LogP contribution is 2.31. The fourth-order valence-corrected chi connectivity index (χ4v) is 2.60. The first-order valence-electron chi connectivity index (χ1n) is 10.9. The van der Waals surface area contributed by atoms with Crippen molar-refractivity contribution in [2.75, 3.05) is 5.43 Å². The summed E-state index contributed by atoms with van der Waals surface area (Å²) >= 11 is 0. The number of benzene rings is 1. The number of aromatic nitrogens is 1. The first kappa shape index (κ1) is 28.8.